The van der Waals surface area contributed by atoms with Gasteiger partial charge in [-0.05, 0) is 25.0 Å². The average Bonchev–Trinajstić information content (AvgIpc) is 2.73. The molecule has 1 aromatic heterocycles. The fourth-order valence-electron chi connectivity index (χ4n) is 2.32. The van der Waals surface area contributed by atoms with E-state index >= 15 is 0 Å². The van der Waals surface area contributed by atoms with Crippen molar-refractivity contribution in [3.05, 3.63) is 28.2 Å². The quantitative estimate of drug-likeness (QED) is 0.827. The molecule has 17 heavy (non-hydrogen) atoms. The highest BCUT2D eigenvalue weighted by Gasteiger charge is 2.37. The van der Waals surface area contributed by atoms with Gasteiger partial charge in [-0.1, -0.05) is 12.8 Å². The SMILES string of the molecule is Nc1ccc(C(F)(F)F)n(C2CCCC2)c1=O. The molecular formula is C11H13F3N2O. The van der Waals surface area contributed by atoms with Crippen LogP contribution in [0.25, 0.3) is 0 Å². The zero-order valence-corrected chi connectivity index (χ0v) is 9.13. The van der Waals surface area contributed by atoms with Crippen LogP contribution in [0.2, 0.25) is 0 Å². The van der Waals surface area contributed by atoms with Gasteiger partial charge in [0.1, 0.15) is 5.69 Å². The van der Waals surface area contributed by atoms with Gasteiger partial charge >= 0.3 is 6.18 Å². The lowest BCUT2D eigenvalue weighted by molar-refractivity contribution is -0.144. The van der Waals surface area contributed by atoms with Crippen LogP contribution in [0.4, 0.5) is 18.9 Å². The summed E-state index contributed by atoms with van der Waals surface area (Å²) in [5.41, 5.74) is 3.64. The normalized spacial score (nSPS) is 17.6. The first-order chi connectivity index (χ1) is 7.91. The Bertz CT molecular complexity index is 473. The van der Waals surface area contributed by atoms with Crippen LogP contribution in [0.15, 0.2) is 16.9 Å². The van der Waals surface area contributed by atoms with E-state index in [1.165, 1.54) is 0 Å². The Hall–Kier alpha value is -1.46. The molecule has 1 aliphatic rings. The summed E-state index contributed by atoms with van der Waals surface area (Å²) >= 11 is 0. The minimum Gasteiger partial charge on any atom is -0.394 e. The van der Waals surface area contributed by atoms with Crippen molar-refractivity contribution in [2.24, 2.45) is 0 Å². The summed E-state index contributed by atoms with van der Waals surface area (Å²) in [7, 11) is 0. The average molecular weight is 246 g/mol. The topological polar surface area (TPSA) is 48.0 Å². The van der Waals surface area contributed by atoms with Crippen LogP contribution >= 0.6 is 0 Å². The van der Waals surface area contributed by atoms with E-state index in [0.29, 0.717) is 12.8 Å². The number of rotatable bonds is 1. The lowest BCUT2D eigenvalue weighted by Gasteiger charge is -2.20. The fourth-order valence-corrected chi connectivity index (χ4v) is 2.32. The molecule has 0 bridgehead atoms. The Morgan fingerprint density at radius 1 is 1.24 bits per heavy atom. The maximum Gasteiger partial charge on any atom is 0.431 e. The van der Waals surface area contributed by atoms with Gasteiger partial charge in [0, 0.05) is 6.04 Å². The second-order valence-corrected chi connectivity index (χ2v) is 4.29. The summed E-state index contributed by atoms with van der Waals surface area (Å²) < 4.78 is 39.3. The number of anilines is 1. The smallest absolute Gasteiger partial charge is 0.394 e. The first-order valence-electron chi connectivity index (χ1n) is 5.49. The third-order valence-corrected chi connectivity index (χ3v) is 3.13. The van der Waals surface area contributed by atoms with Gasteiger partial charge in [-0.25, -0.2) is 0 Å². The molecular weight excluding hydrogens is 233 g/mol. The number of hydrogen-bond donors (Lipinski definition) is 1. The highest BCUT2D eigenvalue weighted by atomic mass is 19.4. The van der Waals surface area contributed by atoms with Crippen molar-refractivity contribution in [3.63, 3.8) is 0 Å². The van der Waals surface area contributed by atoms with Crippen LogP contribution in [0.5, 0.6) is 0 Å². The van der Waals surface area contributed by atoms with E-state index in [1.54, 1.807) is 0 Å². The highest BCUT2D eigenvalue weighted by molar-refractivity contribution is 5.36. The summed E-state index contributed by atoms with van der Waals surface area (Å²) in [4.78, 5) is 11.8. The predicted octanol–water partition coefficient (Wildman–Crippen LogP) is 2.56. The van der Waals surface area contributed by atoms with Crippen molar-refractivity contribution in [1.29, 1.82) is 0 Å². The molecule has 0 aliphatic heterocycles. The molecule has 0 aromatic carbocycles. The fraction of sp³-hybridized carbons (Fsp3) is 0.545. The van der Waals surface area contributed by atoms with Crippen molar-refractivity contribution < 1.29 is 13.2 Å². The third-order valence-electron chi connectivity index (χ3n) is 3.13. The molecule has 1 aliphatic carbocycles. The number of alkyl halides is 3. The highest BCUT2D eigenvalue weighted by Crippen LogP contribution is 2.35. The number of halogens is 3. The monoisotopic (exact) mass is 246 g/mol. The molecule has 0 atom stereocenters. The lowest BCUT2D eigenvalue weighted by atomic mass is 10.2. The van der Waals surface area contributed by atoms with Crippen molar-refractivity contribution >= 4 is 5.69 Å². The van der Waals surface area contributed by atoms with Gasteiger partial charge in [0.15, 0.2) is 0 Å². The summed E-state index contributed by atoms with van der Waals surface area (Å²) in [6, 6.07) is 1.54. The number of aromatic nitrogens is 1. The zero-order chi connectivity index (χ0) is 12.6. The summed E-state index contributed by atoms with van der Waals surface area (Å²) in [5, 5.41) is 0. The molecule has 0 radical (unpaired) electrons. The maximum atomic E-state index is 12.8. The Morgan fingerprint density at radius 3 is 2.35 bits per heavy atom. The molecule has 6 heteroatoms. The van der Waals surface area contributed by atoms with Gasteiger partial charge in [-0.2, -0.15) is 13.2 Å². The number of nitrogens with two attached hydrogens (primary N) is 1. The number of nitrogen functional groups attached to an aromatic ring is 1. The summed E-state index contributed by atoms with van der Waals surface area (Å²) in [6.07, 6.45) is -1.61. The molecule has 1 saturated carbocycles. The van der Waals surface area contributed by atoms with E-state index in [2.05, 4.69) is 0 Å². The van der Waals surface area contributed by atoms with Crippen molar-refractivity contribution in [3.8, 4) is 0 Å². The molecule has 2 N–H and O–H groups in total. The minimum atomic E-state index is -4.52. The van der Waals surface area contributed by atoms with Crippen LogP contribution in [0.3, 0.4) is 0 Å². The van der Waals surface area contributed by atoms with Crippen LogP contribution < -0.4 is 11.3 Å². The standard InChI is InChI=1S/C11H13F3N2O/c12-11(13,14)9-6-5-8(15)10(17)16(9)7-3-1-2-4-7/h5-7H,1-4,15H2. The van der Waals surface area contributed by atoms with Crippen LogP contribution in [-0.4, -0.2) is 4.57 Å². The van der Waals surface area contributed by atoms with Crippen LogP contribution in [0.1, 0.15) is 37.4 Å². The zero-order valence-electron chi connectivity index (χ0n) is 9.13. The Kier molecular flexibility index (Phi) is 2.89. The number of pyridine rings is 1. The molecule has 1 aromatic rings. The molecule has 2 rings (SSSR count). The summed E-state index contributed by atoms with van der Waals surface area (Å²) in [5.74, 6) is 0. The second-order valence-electron chi connectivity index (χ2n) is 4.29. The van der Waals surface area contributed by atoms with Gasteiger partial charge in [0.25, 0.3) is 5.56 Å². The third kappa shape index (κ3) is 2.16. The number of nitrogens with zero attached hydrogens (tertiary/aromatic N) is 1. The van der Waals surface area contributed by atoms with E-state index in [4.69, 9.17) is 5.73 Å². The van der Waals surface area contributed by atoms with E-state index in [1.807, 2.05) is 0 Å². The maximum absolute atomic E-state index is 12.8. The van der Waals surface area contributed by atoms with E-state index in [0.717, 1.165) is 29.5 Å². The van der Waals surface area contributed by atoms with Gasteiger partial charge in [0.2, 0.25) is 0 Å². The van der Waals surface area contributed by atoms with Crippen LogP contribution in [0, 0.1) is 0 Å². The molecule has 94 valence electrons. The van der Waals surface area contributed by atoms with Gasteiger partial charge in [0.05, 0.1) is 5.69 Å². The van der Waals surface area contributed by atoms with Gasteiger partial charge in [-0.3, -0.25) is 9.36 Å². The van der Waals surface area contributed by atoms with Crippen LogP contribution in [-0.2, 0) is 6.18 Å². The molecule has 3 nitrogen and oxygen atoms in total. The first-order valence-corrected chi connectivity index (χ1v) is 5.49. The summed E-state index contributed by atoms with van der Waals surface area (Å²) in [6.45, 7) is 0. The van der Waals surface area contributed by atoms with Gasteiger partial charge in [-0.15, -0.1) is 0 Å². The van der Waals surface area contributed by atoms with Crippen molar-refractivity contribution in [2.45, 2.75) is 37.9 Å². The van der Waals surface area contributed by atoms with Gasteiger partial charge < -0.3 is 5.73 Å². The molecule has 0 saturated heterocycles. The molecule has 0 amide bonds. The largest absolute Gasteiger partial charge is 0.431 e. The first kappa shape index (κ1) is 12.0. The number of hydrogen-bond acceptors (Lipinski definition) is 2. The Morgan fingerprint density at radius 2 is 1.82 bits per heavy atom. The Balaban J connectivity index is 2.60. The van der Waals surface area contributed by atoms with Crippen molar-refractivity contribution in [1.82, 2.24) is 4.57 Å². The molecule has 1 fully saturated rings. The van der Waals surface area contributed by atoms with E-state index < -0.39 is 17.4 Å². The molecule has 1 heterocycles. The Labute approximate surface area is 96.0 Å². The predicted molar refractivity (Wildman–Crippen MR) is 57.6 cm³/mol. The second kappa shape index (κ2) is 4.09. The van der Waals surface area contributed by atoms with E-state index in [-0.39, 0.29) is 11.7 Å². The van der Waals surface area contributed by atoms with E-state index in [9.17, 15) is 18.0 Å². The van der Waals surface area contributed by atoms with Crippen molar-refractivity contribution in [2.75, 3.05) is 5.73 Å². The molecule has 0 unspecified atom stereocenters. The minimum absolute atomic E-state index is 0.134. The molecule has 0 spiro atoms. The lowest BCUT2D eigenvalue weighted by Crippen LogP contribution is -2.31.